The van der Waals surface area contributed by atoms with Crippen molar-refractivity contribution in [1.82, 2.24) is 14.5 Å². The summed E-state index contributed by atoms with van der Waals surface area (Å²) in [6.07, 6.45) is 4.49. The number of aliphatic hydroxyl groups excluding tert-OH is 1. The van der Waals surface area contributed by atoms with Crippen molar-refractivity contribution in [2.75, 3.05) is 5.73 Å². The van der Waals surface area contributed by atoms with Crippen LogP contribution in [-0.2, 0) is 19.4 Å². The minimum atomic E-state index is 0.0543. The van der Waals surface area contributed by atoms with E-state index < -0.39 is 0 Å². The van der Waals surface area contributed by atoms with Crippen LogP contribution in [0.2, 0.25) is 0 Å². The summed E-state index contributed by atoms with van der Waals surface area (Å²) < 4.78 is 2.33. The molecular formula is C26H24N4O. The summed E-state index contributed by atoms with van der Waals surface area (Å²) in [5.41, 5.74) is 11.9. The van der Waals surface area contributed by atoms with Crippen LogP contribution >= 0.6 is 0 Å². The molecule has 31 heavy (non-hydrogen) atoms. The number of fused-ring (bicyclic) bond motifs is 6. The third-order valence-corrected chi connectivity index (χ3v) is 6.89. The lowest BCUT2D eigenvalue weighted by atomic mass is 9.82. The fourth-order valence-electron chi connectivity index (χ4n) is 5.54. The van der Waals surface area contributed by atoms with E-state index in [1.165, 1.54) is 38.4 Å². The first-order valence-electron chi connectivity index (χ1n) is 10.8. The molecule has 0 saturated heterocycles. The fraction of sp³-hybridized carbons (Fsp3) is 0.231. The van der Waals surface area contributed by atoms with Crippen molar-refractivity contribution in [1.29, 1.82) is 0 Å². The molecule has 1 unspecified atom stereocenters. The van der Waals surface area contributed by atoms with Crippen LogP contribution in [-0.4, -0.2) is 19.6 Å². The van der Waals surface area contributed by atoms with Gasteiger partial charge >= 0.3 is 0 Å². The van der Waals surface area contributed by atoms with Crippen molar-refractivity contribution in [3.05, 3.63) is 77.2 Å². The van der Waals surface area contributed by atoms with Gasteiger partial charge in [-0.3, -0.25) is 0 Å². The van der Waals surface area contributed by atoms with Crippen molar-refractivity contribution >= 4 is 38.4 Å². The molecule has 1 aliphatic carbocycles. The first-order chi connectivity index (χ1) is 15.2. The highest BCUT2D eigenvalue weighted by Crippen LogP contribution is 2.39. The van der Waals surface area contributed by atoms with Gasteiger partial charge in [-0.1, -0.05) is 36.4 Å². The highest BCUT2D eigenvalue weighted by molar-refractivity contribution is 6.10. The Kier molecular flexibility index (Phi) is 4.02. The highest BCUT2D eigenvalue weighted by atomic mass is 16.3. The molecule has 0 saturated carbocycles. The van der Waals surface area contributed by atoms with Gasteiger partial charge in [0.15, 0.2) is 0 Å². The largest absolute Gasteiger partial charge is 0.392 e. The maximum Gasteiger partial charge on any atom is 0.145 e. The van der Waals surface area contributed by atoms with Gasteiger partial charge in [-0.15, -0.1) is 0 Å². The predicted molar refractivity (Wildman–Crippen MR) is 125 cm³/mol. The van der Waals surface area contributed by atoms with E-state index in [9.17, 15) is 5.11 Å². The molecule has 1 atom stereocenters. The Morgan fingerprint density at radius 3 is 2.81 bits per heavy atom. The standard InChI is InChI=1S/C26H24N4O/c1-15-10-23-25(27)28-14-29-26(23)30(15)19-7-9-21-17(12-19)6-8-22-20-5-3-2-4-16(20)11-18(13-31)24(21)22/h2-6,8,10-11,14,19,31H,7,9,12-13H2,1H3,(H2,27,28,29). The second kappa shape index (κ2) is 6.79. The summed E-state index contributed by atoms with van der Waals surface area (Å²) in [7, 11) is 0. The molecule has 0 amide bonds. The minimum Gasteiger partial charge on any atom is -0.392 e. The van der Waals surface area contributed by atoms with Crippen LogP contribution in [0.25, 0.3) is 32.6 Å². The summed E-state index contributed by atoms with van der Waals surface area (Å²) in [4.78, 5) is 8.69. The molecule has 2 aromatic heterocycles. The fourth-order valence-corrected chi connectivity index (χ4v) is 5.54. The number of rotatable bonds is 2. The molecule has 3 N–H and O–H groups in total. The number of hydrogen-bond acceptors (Lipinski definition) is 4. The highest BCUT2D eigenvalue weighted by Gasteiger charge is 2.26. The number of benzene rings is 3. The van der Waals surface area contributed by atoms with E-state index in [0.29, 0.717) is 11.9 Å². The van der Waals surface area contributed by atoms with Crippen LogP contribution < -0.4 is 5.73 Å². The molecule has 0 aliphatic heterocycles. The van der Waals surface area contributed by atoms with E-state index in [1.807, 2.05) is 0 Å². The number of nitrogen functional groups attached to an aromatic ring is 1. The van der Waals surface area contributed by atoms with E-state index >= 15 is 0 Å². The average Bonchev–Trinajstić information content (AvgIpc) is 3.15. The number of aromatic nitrogens is 3. The summed E-state index contributed by atoms with van der Waals surface area (Å²) in [6, 6.07) is 17.5. The van der Waals surface area contributed by atoms with Gasteiger partial charge in [0, 0.05) is 11.7 Å². The molecule has 1 aliphatic rings. The monoisotopic (exact) mass is 408 g/mol. The van der Waals surface area contributed by atoms with Crippen LogP contribution in [0, 0.1) is 6.92 Å². The van der Waals surface area contributed by atoms with Gasteiger partial charge in [0.25, 0.3) is 0 Å². The Morgan fingerprint density at radius 1 is 1.06 bits per heavy atom. The summed E-state index contributed by atoms with van der Waals surface area (Å²) in [5, 5.41) is 16.0. The van der Waals surface area contributed by atoms with Crippen molar-refractivity contribution < 1.29 is 5.11 Å². The van der Waals surface area contributed by atoms with Gasteiger partial charge in [-0.2, -0.15) is 0 Å². The van der Waals surface area contributed by atoms with Crippen LogP contribution in [0.15, 0.2) is 54.9 Å². The summed E-state index contributed by atoms with van der Waals surface area (Å²) in [6.45, 7) is 2.17. The van der Waals surface area contributed by atoms with Crippen LogP contribution in [0.1, 0.15) is 34.8 Å². The lowest BCUT2D eigenvalue weighted by Gasteiger charge is -2.29. The average molecular weight is 409 g/mol. The Bertz CT molecular complexity index is 1480. The molecule has 5 heteroatoms. The van der Waals surface area contributed by atoms with E-state index in [4.69, 9.17) is 5.73 Å². The lowest BCUT2D eigenvalue weighted by molar-refractivity contribution is 0.283. The van der Waals surface area contributed by atoms with Crippen molar-refractivity contribution in [2.24, 2.45) is 0 Å². The predicted octanol–water partition coefficient (Wildman–Crippen LogP) is 4.85. The molecule has 6 rings (SSSR count). The Labute approximate surface area is 180 Å². The zero-order chi connectivity index (χ0) is 21.1. The number of nitrogens with zero attached hydrogens (tertiary/aromatic N) is 3. The van der Waals surface area contributed by atoms with Gasteiger partial charge in [0.2, 0.25) is 0 Å². The molecule has 0 bridgehead atoms. The number of hydrogen-bond donors (Lipinski definition) is 2. The van der Waals surface area contributed by atoms with E-state index in [-0.39, 0.29) is 6.61 Å². The molecule has 0 radical (unpaired) electrons. The van der Waals surface area contributed by atoms with Gasteiger partial charge in [-0.25, -0.2) is 9.97 Å². The van der Waals surface area contributed by atoms with Crippen LogP contribution in [0.5, 0.6) is 0 Å². The normalized spacial score (nSPS) is 16.3. The van der Waals surface area contributed by atoms with Gasteiger partial charge < -0.3 is 15.4 Å². The van der Waals surface area contributed by atoms with Crippen LogP contribution in [0.3, 0.4) is 0 Å². The lowest BCUT2D eigenvalue weighted by Crippen LogP contribution is -2.20. The topological polar surface area (TPSA) is 77.0 Å². The van der Waals surface area contributed by atoms with Crippen molar-refractivity contribution in [2.45, 2.75) is 38.8 Å². The smallest absolute Gasteiger partial charge is 0.145 e. The van der Waals surface area contributed by atoms with Gasteiger partial charge in [-0.05, 0) is 76.6 Å². The molecule has 2 heterocycles. The molecular weight excluding hydrogens is 384 g/mol. The number of aliphatic hydroxyl groups is 1. The van der Waals surface area contributed by atoms with E-state index in [2.05, 4.69) is 70.0 Å². The molecule has 3 aromatic carbocycles. The van der Waals surface area contributed by atoms with Crippen molar-refractivity contribution in [3.63, 3.8) is 0 Å². The quantitative estimate of drug-likeness (QED) is 0.409. The second-order valence-electron chi connectivity index (χ2n) is 8.59. The Morgan fingerprint density at radius 2 is 1.94 bits per heavy atom. The van der Waals surface area contributed by atoms with E-state index in [0.717, 1.165) is 35.9 Å². The number of anilines is 1. The van der Waals surface area contributed by atoms with Gasteiger partial charge in [0.05, 0.1) is 12.0 Å². The molecule has 0 fully saturated rings. The molecule has 5 nitrogen and oxygen atoms in total. The first kappa shape index (κ1) is 18.3. The molecule has 5 aromatic rings. The first-order valence-corrected chi connectivity index (χ1v) is 10.8. The minimum absolute atomic E-state index is 0.0543. The maximum absolute atomic E-state index is 10.1. The molecule has 0 spiro atoms. The van der Waals surface area contributed by atoms with Gasteiger partial charge in [0.1, 0.15) is 17.8 Å². The SMILES string of the molecule is Cc1cc2c(N)ncnc2n1C1CCc2c(ccc3c2c(CO)cc2ccccc23)C1. The third-order valence-electron chi connectivity index (χ3n) is 6.89. The summed E-state index contributed by atoms with van der Waals surface area (Å²) >= 11 is 0. The Balaban J connectivity index is 1.51. The van der Waals surface area contributed by atoms with Crippen molar-refractivity contribution in [3.8, 4) is 0 Å². The Hall–Kier alpha value is -3.44. The zero-order valence-corrected chi connectivity index (χ0v) is 17.5. The number of aryl methyl sites for hydroxylation is 2. The number of nitrogens with two attached hydrogens (primary N) is 1. The molecule has 154 valence electrons. The van der Waals surface area contributed by atoms with E-state index in [1.54, 1.807) is 6.33 Å². The maximum atomic E-state index is 10.1. The second-order valence-corrected chi connectivity index (χ2v) is 8.59. The third kappa shape index (κ3) is 2.66. The summed E-state index contributed by atoms with van der Waals surface area (Å²) in [5.74, 6) is 0.536. The zero-order valence-electron chi connectivity index (χ0n) is 17.5. The van der Waals surface area contributed by atoms with Crippen LogP contribution in [0.4, 0.5) is 5.82 Å².